The molecular weight excluding hydrogens is 390 g/mol. The van der Waals surface area contributed by atoms with Gasteiger partial charge in [-0.25, -0.2) is 0 Å². The van der Waals surface area contributed by atoms with Gasteiger partial charge in [-0.3, -0.25) is 4.79 Å². The fourth-order valence-electron chi connectivity index (χ4n) is 3.29. The number of benzene rings is 2. The first-order valence-electron chi connectivity index (χ1n) is 7.75. The Morgan fingerprint density at radius 1 is 1.12 bits per heavy atom. The monoisotopic (exact) mass is 405 g/mol. The first-order chi connectivity index (χ1) is 12.1. The number of halogens is 1. The second kappa shape index (κ2) is 6.15. The number of hydrogen-bond donors (Lipinski definition) is 1. The molecule has 2 aliphatic heterocycles. The van der Waals surface area contributed by atoms with Gasteiger partial charge in [0, 0.05) is 24.1 Å². The minimum absolute atomic E-state index is 0.0396. The Kier molecular flexibility index (Phi) is 3.95. The van der Waals surface area contributed by atoms with Crippen molar-refractivity contribution >= 4 is 27.5 Å². The molecule has 1 N–H and O–H groups in total. The van der Waals surface area contributed by atoms with Crippen LogP contribution in [0.25, 0.3) is 0 Å². The molecule has 1 amide bonds. The molecule has 2 heterocycles. The SMILES string of the molecule is COc1cc([C@H]2CC(=O)Nc3cc4c(cc32)OCO4)cc(Br)c1OC. The number of amides is 1. The van der Waals surface area contributed by atoms with E-state index in [1.165, 1.54) is 0 Å². The smallest absolute Gasteiger partial charge is 0.231 e. The highest BCUT2D eigenvalue weighted by Gasteiger charge is 2.30. The Morgan fingerprint density at radius 3 is 2.60 bits per heavy atom. The van der Waals surface area contributed by atoms with Crippen molar-refractivity contribution in [3.8, 4) is 23.0 Å². The lowest BCUT2D eigenvalue weighted by Crippen LogP contribution is -2.23. The van der Waals surface area contributed by atoms with E-state index in [2.05, 4.69) is 21.2 Å². The number of carbonyl (C=O) groups is 1. The van der Waals surface area contributed by atoms with Crippen LogP contribution in [0.1, 0.15) is 23.5 Å². The first kappa shape index (κ1) is 16.1. The van der Waals surface area contributed by atoms with Crippen molar-refractivity contribution in [1.29, 1.82) is 0 Å². The van der Waals surface area contributed by atoms with Crippen molar-refractivity contribution in [3.63, 3.8) is 0 Å². The molecule has 2 aliphatic rings. The maximum atomic E-state index is 12.2. The summed E-state index contributed by atoms with van der Waals surface area (Å²) in [7, 11) is 3.18. The molecule has 130 valence electrons. The Labute approximate surface area is 153 Å². The summed E-state index contributed by atoms with van der Waals surface area (Å²) in [6, 6.07) is 7.62. The highest BCUT2D eigenvalue weighted by molar-refractivity contribution is 9.10. The van der Waals surface area contributed by atoms with E-state index < -0.39 is 0 Å². The van der Waals surface area contributed by atoms with Crippen LogP contribution in [0.15, 0.2) is 28.7 Å². The molecule has 25 heavy (non-hydrogen) atoms. The molecular formula is C18H16BrNO5. The number of nitrogens with one attached hydrogen (secondary N) is 1. The summed E-state index contributed by atoms with van der Waals surface area (Å²) in [6.07, 6.45) is 0.342. The van der Waals surface area contributed by atoms with Crippen LogP contribution in [0.4, 0.5) is 5.69 Å². The van der Waals surface area contributed by atoms with Crippen molar-refractivity contribution in [1.82, 2.24) is 0 Å². The minimum atomic E-state index is -0.116. The average Bonchev–Trinajstić information content (AvgIpc) is 3.05. The molecule has 4 rings (SSSR count). The Bertz CT molecular complexity index is 867. The predicted molar refractivity (Wildman–Crippen MR) is 94.9 cm³/mol. The highest BCUT2D eigenvalue weighted by Crippen LogP contribution is 2.47. The van der Waals surface area contributed by atoms with E-state index in [-0.39, 0.29) is 18.6 Å². The fraction of sp³-hybridized carbons (Fsp3) is 0.278. The molecule has 2 aromatic carbocycles. The van der Waals surface area contributed by atoms with Crippen LogP contribution in [0.5, 0.6) is 23.0 Å². The lowest BCUT2D eigenvalue weighted by molar-refractivity contribution is -0.116. The van der Waals surface area contributed by atoms with Crippen molar-refractivity contribution in [2.24, 2.45) is 0 Å². The van der Waals surface area contributed by atoms with E-state index in [0.717, 1.165) is 21.3 Å². The molecule has 2 aromatic rings. The zero-order chi connectivity index (χ0) is 17.6. The molecule has 0 bridgehead atoms. The summed E-state index contributed by atoms with van der Waals surface area (Å²) in [6.45, 7) is 0.193. The van der Waals surface area contributed by atoms with E-state index in [1.54, 1.807) is 14.2 Å². The second-order valence-corrected chi connectivity index (χ2v) is 6.69. The topological polar surface area (TPSA) is 66.0 Å². The van der Waals surface area contributed by atoms with Crippen LogP contribution < -0.4 is 24.3 Å². The predicted octanol–water partition coefficient (Wildman–Crippen LogP) is 3.67. The summed E-state index contributed by atoms with van der Waals surface area (Å²) in [5, 5.41) is 2.91. The summed E-state index contributed by atoms with van der Waals surface area (Å²) in [5.41, 5.74) is 2.69. The largest absolute Gasteiger partial charge is 0.493 e. The fourth-order valence-corrected chi connectivity index (χ4v) is 3.91. The highest BCUT2D eigenvalue weighted by atomic mass is 79.9. The number of fused-ring (bicyclic) bond motifs is 2. The van der Waals surface area contributed by atoms with E-state index in [1.807, 2.05) is 24.3 Å². The third kappa shape index (κ3) is 2.68. The Balaban J connectivity index is 1.84. The van der Waals surface area contributed by atoms with Crippen LogP contribution in [0, 0.1) is 0 Å². The molecule has 0 radical (unpaired) electrons. The molecule has 0 aliphatic carbocycles. The number of anilines is 1. The third-order valence-corrected chi connectivity index (χ3v) is 5.03. The maximum absolute atomic E-state index is 12.2. The minimum Gasteiger partial charge on any atom is -0.493 e. The van der Waals surface area contributed by atoms with Crippen LogP contribution in [-0.4, -0.2) is 26.9 Å². The van der Waals surface area contributed by atoms with Crippen LogP contribution in [-0.2, 0) is 4.79 Å². The Morgan fingerprint density at radius 2 is 1.88 bits per heavy atom. The van der Waals surface area contributed by atoms with Gasteiger partial charge >= 0.3 is 0 Å². The lowest BCUT2D eigenvalue weighted by atomic mass is 9.84. The molecule has 7 heteroatoms. The zero-order valence-electron chi connectivity index (χ0n) is 13.7. The number of rotatable bonds is 3. The van der Waals surface area contributed by atoms with E-state index in [9.17, 15) is 4.79 Å². The van der Waals surface area contributed by atoms with Gasteiger partial charge < -0.3 is 24.3 Å². The molecule has 1 atom stereocenters. The molecule has 0 unspecified atom stereocenters. The average molecular weight is 406 g/mol. The number of carbonyl (C=O) groups excluding carboxylic acids is 1. The summed E-state index contributed by atoms with van der Waals surface area (Å²) in [4.78, 5) is 12.2. The van der Waals surface area contributed by atoms with E-state index in [4.69, 9.17) is 18.9 Å². The van der Waals surface area contributed by atoms with Crippen molar-refractivity contribution < 1.29 is 23.7 Å². The van der Waals surface area contributed by atoms with Gasteiger partial charge in [0.15, 0.2) is 23.0 Å². The van der Waals surface area contributed by atoms with Gasteiger partial charge in [0.25, 0.3) is 0 Å². The summed E-state index contributed by atoms with van der Waals surface area (Å²) in [5.74, 6) is 2.42. The van der Waals surface area contributed by atoms with Gasteiger partial charge in [0.05, 0.1) is 18.7 Å². The Hall–Kier alpha value is -2.41. The lowest BCUT2D eigenvalue weighted by Gasteiger charge is -2.27. The van der Waals surface area contributed by atoms with Gasteiger partial charge in [0.2, 0.25) is 12.7 Å². The van der Waals surface area contributed by atoms with Crippen molar-refractivity contribution in [3.05, 3.63) is 39.9 Å². The van der Waals surface area contributed by atoms with Gasteiger partial charge in [0.1, 0.15) is 0 Å². The molecule has 6 nitrogen and oxygen atoms in total. The molecule has 0 spiro atoms. The van der Waals surface area contributed by atoms with Gasteiger partial charge in [-0.15, -0.1) is 0 Å². The zero-order valence-corrected chi connectivity index (χ0v) is 15.3. The summed E-state index contributed by atoms with van der Waals surface area (Å²) < 4.78 is 22.5. The van der Waals surface area contributed by atoms with Crippen molar-refractivity contribution in [2.75, 3.05) is 26.3 Å². The van der Waals surface area contributed by atoms with Crippen LogP contribution in [0.3, 0.4) is 0 Å². The third-order valence-electron chi connectivity index (χ3n) is 4.44. The molecule has 0 saturated heterocycles. The standard InChI is InChI=1S/C18H16BrNO5/c1-22-16-4-9(3-12(19)18(16)23-2)10-6-17(21)20-13-7-15-14(5-11(10)13)24-8-25-15/h3-5,7,10H,6,8H2,1-2H3,(H,20,21)/t10-/m1/s1. The van der Waals surface area contributed by atoms with Crippen LogP contribution in [0.2, 0.25) is 0 Å². The molecule has 0 saturated carbocycles. The maximum Gasteiger partial charge on any atom is 0.231 e. The first-order valence-corrected chi connectivity index (χ1v) is 8.55. The molecule has 0 aromatic heterocycles. The normalized spacial score (nSPS) is 17.7. The van der Waals surface area contributed by atoms with Crippen LogP contribution >= 0.6 is 15.9 Å². The van der Waals surface area contributed by atoms with Crippen molar-refractivity contribution in [2.45, 2.75) is 12.3 Å². The van der Waals surface area contributed by atoms with Gasteiger partial charge in [-0.05, 0) is 45.3 Å². The second-order valence-electron chi connectivity index (χ2n) is 5.84. The van der Waals surface area contributed by atoms with Gasteiger partial charge in [-0.2, -0.15) is 0 Å². The van der Waals surface area contributed by atoms with Gasteiger partial charge in [-0.1, -0.05) is 0 Å². The molecule has 0 fully saturated rings. The summed E-state index contributed by atoms with van der Waals surface area (Å²) >= 11 is 3.52. The van der Waals surface area contributed by atoms with E-state index in [0.29, 0.717) is 29.4 Å². The number of hydrogen-bond acceptors (Lipinski definition) is 5. The van der Waals surface area contributed by atoms with E-state index >= 15 is 0 Å². The number of ether oxygens (including phenoxy) is 4. The number of methoxy groups -OCH3 is 2. The quantitative estimate of drug-likeness (QED) is 0.843.